The number of rotatable bonds is 17. The third-order valence-electron chi connectivity index (χ3n) is 20.8. The molecule has 0 N–H and O–H groups in total. The number of anilines is 4. The van der Waals surface area contributed by atoms with E-state index < -0.39 is 0 Å². The van der Waals surface area contributed by atoms with Crippen molar-refractivity contribution in [3.8, 4) is 0 Å². The van der Waals surface area contributed by atoms with Gasteiger partial charge in [-0.25, -0.2) is 29.9 Å². The van der Waals surface area contributed by atoms with Crippen molar-refractivity contribution in [2.45, 2.75) is 277 Å². The first-order chi connectivity index (χ1) is 55.5. The van der Waals surface area contributed by atoms with Crippen LogP contribution in [0.2, 0.25) is 0 Å². The molecule has 0 aliphatic carbocycles. The van der Waals surface area contributed by atoms with Crippen LogP contribution >= 0.6 is 22.7 Å². The molecule has 118 heavy (non-hydrogen) atoms. The molecule has 15 heterocycles. The monoisotopic (exact) mass is 1650 g/mol. The van der Waals surface area contributed by atoms with Crippen LogP contribution in [0.1, 0.15) is 325 Å². The third-order valence-corrected chi connectivity index (χ3v) is 23.1. The van der Waals surface area contributed by atoms with E-state index in [9.17, 15) is 0 Å². The molecular formula is C99H157N15O2S2. The first-order valence-electron chi connectivity index (χ1n) is 43.6. The first-order valence-corrected chi connectivity index (χ1v) is 45.3. The van der Waals surface area contributed by atoms with E-state index in [1.807, 2.05) is 72.0 Å². The number of hydrogen-bond donors (Lipinski definition) is 0. The maximum absolute atomic E-state index is 5.33. The van der Waals surface area contributed by atoms with Gasteiger partial charge in [0.2, 0.25) is 0 Å². The number of hydrogen-bond acceptors (Lipinski definition) is 19. The Morgan fingerprint density at radius 1 is 0.305 bits per heavy atom. The fourth-order valence-electron chi connectivity index (χ4n) is 13.5. The van der Waals surface area contributed by atoms with Crippen LogP contribution in [-0.2, 0) is 22.6 Å². The molecule has 9 aromatic rings. The zero-order valence-electron chi connectivity index (χ0n) is 73.8. The van der Waals surface area contributed by atoms with Gasteiger partial charge in [0.25, 0.3) is 0 Å². The first kappa shape index (κ1) is 103. The predicted molar refractivity (Wildman–Crippen MR) is 508 cm³/mol. The van der Waals surface area contributed by atoms with Crippen molar-refractivity contribution < 1.29 is 9.47 Å². The summed E-state index contributed by atoms with van der Waals surface area (Å²) >= 11 is 3.53. The molecule has 0 atom stereocenters. The number of aromatic nitrogens is 9. The van der Waals surface area contributed by atoms with Crippen molar-refractivity contribution in [2.24, 2.45) is 0 Å². The van der Waals surface area contributed by atoms with Crippen LogP contribution in [0.25, 0.3) is 0 Å². The number of ether oxygens (including phenoxy) is 2. The Hall–Kier alpha value is -7.65. The molecule has 0 unspecified atom stereocenters. The summed E-state index contributed by atoms with van der Waals surface area (Å²) in [5, 5.41) is 6.74. The van der Waals surface area contributed by atoms with Crippen LogP contribution in [0.15, 0.2) is 157 Å². The van der Waals surface area contributed by atoms with E-state index in [4.69, 9.17) is 14.5 Å². The van der Waals surface area contributed by atoms with Crippen LogP contribution in [0.3, 0.4) is 0 Å². The van der Waals surface area contributed by atoms with Gasteiger partial charge >= 0.3 is 0 Å². The maximum Gasteiger partial charge on any atom is 0.128 e. The van der Waals surface area contributed by atoms with Crippen molar-refractivity contribution in [3.63, 3.8) is 0 Å². The lowest BCUT2D eigenvalue weighted by Gasteiger charge is -2.28. The van der Waals surface area contributed by atoms with Crippen LogP contribution in [0, 0.1) is 0 Å². The molecule has 0 spiro atoms. The lowest BCUT2D eigenvalue weighted by atomic mass is 10.1. The molecule has 0 bridgehead atoms. The molecule has 17 nitrogen and oxygen atoms in total. The van der Waals surface area contributed by atoms with E-state index in [1.54, 1.807) is 17.5 Å². The minimum Gasteiger partial charge on any atom is -0.378 e. The molecule has 9 aromatic heterocycles. The van der Waals surface area contributed by atoms with E-state index in [0.29, 0.717) is 53.3 Å². The normalized spacial score (nSPS) is 15.3. The van der Waals surface area contributed by atoms with Crippen molar-refractivity contribution in [1.29, 1.82) is 0 Å². The Balaban J connectivity index is 0.000000280. The predicted octanol–water partition coefficient (Wildman–Crippen LogP) is 24.7. The Morgan fingerprint density at radius 2 is 0.720 bits per heavy atom. The van der Waals surface area contributed by atoms with Gasteiger partial charge in [-0.15, -0.1) is 22.7 Å². The smallest absolute Gasteiger partial charge is 0.128 e. The molecule has 0 saturated carbocycles. The molecule has 19 heteroatoms. The van der Waals surface area contributed by atoms with E-state index in [-0.39, 0.29) is 22.3 Å². The van der Waals surface area contributed by atoms with E-state index in [1.165, 1.54) is 172 Å². The average Bonchev–Trinajstić information content (AvgIpc) is 1.59. The Labute approximate surface area is 725 Å². The number of likely N-dealkylation sites (tertiary alicyclic amines) is 2. The highest BCUT2D eigenvalue weighted by atomic mass is 32.1. The van der Waals surface area contributed by atoms with Gasteiger partial charge in [0.15, 0.2) is 0 Å². The molecule has 6 saturated heterocycles. The summed E-state index contributed by atoms with van der Waals surface area (Å²) in [7, 11) is 0. The second-order valence-corrected chi connectivity index (χ2v) is 35.3. The van der Waals surface area contributed by atoms with Crippen molar-refractivity contribution in [2.75, 3.05) is 125 Å². The quantitative estimate of drug-likeness (QED) is 0.0848. The minimum atomic E-state index is 0. The number of piperidine rings is 2. The number of nitrogens with zero attached hydrogens (tertiary/aromatic N) is 15. The highest BCUT2D eigenvalue weighted by Crippen LogP contribution is 2.27. The molecule has 0 radical (unpaired) electrons. The molecule has 6 aliphatic heterocycles. The zero-order chi connectivity index (χ0) is 82.7. The SMILES string of the molecule is C.C.C.CC(C)c1cccc(CN2CCCCC2)n1.CC(C)c1cccc(N2CCCC2)n1.CC(C)c1cccc(N2CCOCC2)n1.CC(C)c1ccccn1.CC(C)c1cccnc1.CC(C)c1ccnc(N2CCCC2)c1.CC(C)c1ccnc(N2CCOCC2)c1.CC(C)c1nc(CN2CCCCC2)cs1.CC(C)c1nccs1. The van der Waals surface area contributed by atoms with Crippen molar-refractivity contribution in [1.82, 2.24) is 54.7 Å². The van der Waals surface area contributed by atoms with Crippen molar-refractivity contribution in [3.05, 3.63) is 218 Å². The molecule has 15 rings (SSSR count). The Morgan fingerprint density at radius 3 is 1.09 bits per heavy atom. The molecule has 6 aliphatic rings. The minimum absolute atomic E-state index is 0. The van der Waals surface area contributed by atoms with E-state index in [2.05, 4.69) is 284 Å². The van der Waals surface area contributed by atoms with Gasteiger partial charge in [0.05, 0.1) is 47.8 Å². The van der Waals surface area contributed by atoms with Gasteiger partial charge in [-0.3, -0.25) is 24.8 Å². The van der Waals surface area contributed by atoms with Gasteiger partial charge in [-0.1, -0.05) is 190 Å². The zero-order valence-corrected chi connectivity index (χ0v) is 75.5. The Bertz CT molecular complexity index is 3790. The summed E-state index contributed by atoms with van der Waals surface area (Å²) in [6.45, 7) is 58.2. The summed E-state index contributed by atoms with van der Waals surface area (Å²) in [6.07, 6.45) is 24.7. The van der Waals surface area contributed by atoms with Gasteiger partial charge in [0.1, 0.15) is 23.3 Å². The third kappa shape index (κ3) is 38.4. The second-order valence-electron chi connectivity index (χ2n) is 33.5. The van der Waals surface area contributed by atoms with E-state index in [0.717, 1.165) is 94.7 Å². The number of thiazole rings is 2. The van der Waals surface area contributed by atoms with Gasteiger partial charge in [0, 0.05) is 148 Å². The molecule has 0 aromatic carbocycles. The summed E-state index contributed by atoms with van der Waals surface area (Å²) < 4.78 is 10.7. The van der Waals surface area contributed by atoms with Crippen LogP contribution in [0.5, 0.6) is 0 Å². The molecule has 0 amide bonds. The van der Waals surface area contributed by atoms with Crippen LogP contribution < -0.4 is 19.6 Å². The van der Waals surface area contributed by atoms with Gasteiger partial charge in [-0.2, -0.15) is 0 Å². The summed E-state index contributed by atoms with van der Waals surface area (Å²) in [5.74, 6) is 9.51. The second kappa shape index (κ2) is 57.6. The average molecular weight is 1650 g/mol. The van der Waals surface area contributed by atoms with Gasteiger partial charge in [-0.05, 0) is 215 Å². The molecule has 6 fully saturated rings. The van der Waals surface area contributed by atoms with E-state index >= 15 is 0 Å². The van der Waals surface area contributed by atoms with Crippen LogP contribution in [0.4, 0.5) is 23.3 Å². The topological polar surface area (TPSA) is 154 Å². The number of morpholine rings is 2. The fourth-order valence-corrected chi connectivity index (χ4v) is 15.0. The standard InChI is InChI=1S/C14H22N2.2C12H18N2O.C12H20N2S.2C12H18N2.2C8H11N.C6H9NS.3CH4/c1-12(2)14-8-6-7-13(15-14)11-16-9-4-3-5-10-16;1-10(2)11-3-4-13-12(9-11)14-5-7-15-8-6-14;1-10(2)11-4-3-5-12(13-11)14-6-8-15-9-7-14;1-10(2)12-13-11(9-15-12)8-14-6-4-3-5-7-14;1-10(2)11-6-5-7-12(13-11)14-8-3-4-9-14;1-10(2)11-5-6-13-12(9-11)14-7-3-4-8-14;1-7(2)8-4-3-5-9-6-8;1-7(2)8-5-3-4-6-9-8;1-5(2)6-7-3-4-8-6;;;/h6-8,12H,3-5,9-11H2,1-2H3;3-4,9-10H,5-8H2,1-2H3;3-5,10H,6-9H2,1-2H3;9-10H,3-8H2,1-2H3;5-7,10H,3-4,8-9H2,1-2H3;5-6,9-10H,3-4,7-8H2,1-2H3;2*3-7H,1-2H3;3-5H,1-2H3;3*1H4. The summed E-state index contributed by atoms with van der Waals surface area (Å²) in [6, 6.07) is 37.7. The summed E-state index contributed by atoms with van der Waals surface area (Å²) in [4.78, 5) is 54.3. The largest absolute Gasteiger partial charge is 0.378 e. The van der Waals surface area contributed by atoms with Gasteiger partial charge < -0.3 is 29.1 Å². The highest BCUT2D eigenvalue weighted by Gasteiger charge is 2.20. The maximum atomic E-state index is 5.33. The summed E-state index contributed by atoms with van der Waals surface area (Å²) in [5.41, 5.74) is 11.3. The molecule has 652 valence electrons. The lowest BCUT2D eigenvalue weighted by molar-refractivity contribution is 0.122. The van der Waals surface area contributed by atoms with Crippen molar-refractivity contribution >= 4 is 45.9 Å². The number of pyridine rings is 7. The van der Waals surface area contributed by atoms with Crippen LogP contribution in [-0.4, -0.2) is 160 Å². The molecular weight excluding hydrogens is 1500 g/mol. The lowest BCUT2D eigenvalue weighted by Crippen LogP contribution is -2.36. The highest BCUT2D eigenvalue weighted by molar-refractivity contribution is 7.10. The Kier molecular flexibility index (Phi) is 50.1. The fraction of sp³-hybridized carbons (Fsp3) is 0.586.